The summed E-state index contributed by atoms with van der Waals surface area (Å²) in [5, 5.41) is 3.09. The van der Waals surface area contributed by atoms with E-state index in [2.05, 4.69) is 5.32 Å². The zero-order valence-corrected chi connectivity index (χ0v) is 9.97. The van der Waals surface area contributed by atoms with Crippen molar-refractivity contribution in [1.29, 1.82) is 0 Å². The van der Waals surface area contributed by atoms with Crippen molar-refractivity contribution in [3.8, 4) is 0 Å². The smallest absolute Gasteiger partial charge is 0.354 e. The predicted molar refractivity (Wildman–Crippen MR) is 59.0 cm³/mol. The van der Waals surface area contributed by atoms with Crippen LogP contribution in [0.1, 0.15) is 27.3 Å². The molecule has 0 aromatic carbocycles. The summed E-state index contributed by atoms with van der Waals surface area (Å²) in [6, 6.07) is 0. The zero-order valence-electron chi connectivity index (χ0n) is 9.97. The van der Waals surface area contributed by atoms with Crippen molar-refractivity contribution in [2.45, 2.75) is 20.4 Å². The molecule has 1 heterocycles. The summed E-state index contributed by atoms with van der Waals surface area (Å²) in [6.45, 7) is 4.72. The van der Waals surface area contributed by atoms with Gasteiger partial charge >= 0.3 is 5.97 Å². The van der Waals surface area contributed by atoms with Crippen LogP contribution in [0.2, 0.25) is 0 Å². The Balaban J connectivity index is 3.29. The first kappa shape index (κ1) is 11.8. The van der Waals surface area contributed by atoms with E-state index in [1.807, 2.05) is 32.5 Å². The average molecular weight is 210 g/mol. The Morgan fingerprint density at radius 1 is 1.40 bits per heavy atom. The molecule has 0 aliphatic carbocycles. The Labute approximate surface area is 90.2 Å². The minimum Gasteiger partial charge on any atom is -0.464 e. The summed E-state index contributed by atoms with van der Waals surface area (Å²) in [5.41, 5.74) is 3.90. The van der Waals surface area contributed by atoms with Crippen LogP contribution in [0.25, 0.3) is 0 Å². The summed E-state index contributed by atoms with van der Waals surface area (Å²) >= 11 is 0. The van der Waals surface area contributed by atoms with Crippen LogP contribution in [-0.4, -0.2) is 24.7 Å². The van der Waals surface area contributed by atoms with Crippen molar-refractivity contribution < 1.29 is 9.53 Å². The molecule has 0 saturated carbocycles. The Morgan fingerprint density at radius 3 is 2.47 bits per heavy atom. The molecule has 84 valence electrons. The van der Waals surface area contributed by atoms with Gasteiger partial charge in [-0.15, -0.1) is 0 Å². The van der Waals surface area contributed by atoms with Crippen molar-refractivity contribution in [3.05, 3.63) is 22.5 Å². The SMILES string of the molecule is CNCc1c(C)c(C)c(C(=O)OC)n1C. The van der Waals surface area contributed by atoms with Gasteiger partial charge in [-0.2, -0.15) is 0 Å². The summed E-state index contributed by atoms with van der Waals surface area (Å²) in [7, 11) is 5.18. The van der Waals surface area contributed by atoms with Crippen LogP contribution >= 0.6 is 0 Å². The van der Waals surface area contributed by atoms with Gasteiger partial charge in [0, 0.05) is 19.3 Å². The number of hydrogen-bond acceptors (Lipinski definition) is 3. The highest BCUT2D eigenvalue weighted by molar-refractivity contribution is 5.90. The monoisotopic (exact) mass is 210 g/mol. The van der Waals surface area contributed by atoms with Gasteiger partial charge in [-0.25, -0.2) is 4.79 Å². The van der Waals surface area contributed by atoms with E-state index in [0.29, 0.717) is 5.69 Å². The van der Waals surface area contributed by atoms with E-state index in [9.17, 15) is 4.79 Å². The van der Waals surface area contributed by atoms with Gasteiger partial charge in [0.05, 0.1) is 7.11 Å². The molecule has 0 fully saturated rings. The number of esters is 1. The molecule has 0 aliphatic rings. The second-order valence-corrected chi connectivity index (χ2v) is 3.63. The number of carbonyl (C=O) groups is 1. The fourth-order valence-electron chi connectivity index (χ4n) is 1.84. The van der Waals surface area contributed by atoms with Gasteiger partial charge in [-0.05, 0) is 32.0 Å². The molecule has 0 unspecified atom stereocenters. The minimum absolute atomic E-state index is 0.277. The first-order chi connectivity index (χ1) is 7.04. The van der Waals surface area contributed by atoms with E-state index in [-0.39, 0.29) is 5.97 Å². The lowest BCUT2D eigenvalue weighted by Gasteiger charge is -2.06. The second kappa shape index (κ2) is 4.49. The third-order valence-corrected chi connectivity index (χ3v) is 2.81. The summed E-state index contributed by atoms with van der Waals surface area (Å²) < 4.78 is 6.66. The molecule has 1 aromatic heterocycles. The lowest BCUT2D eigenvalue weighted by Crippen LogP contribution is -2.14. The Kier molecular flexibility index (Phi) is 3.52. The van der Waals surface area contributed by atoms with Crippen LogP contribution < -0.4 is 5.32 Å². The molecule has 0 radical (unpaired) electrons. The van der Waals surface area contributed by atoms with Crippen LogP contribution in [0.5, 0.6) is 0 Å². The van der Waals surface area contributed by atoms with Crippen LogP contribution in [0, 0.1) is 13.8 Å². The van der Waals surface area contributed by atoms with Crippen LogP contribution in [0.15, 0.2) is 0 Å². The highest BCUT2D eigenvalue weighted by Gasteiger charge is 2.20. The first-order valence-corrected chi connectivity index (χ1v) is 4.92. The molecule has 15 heavy (non-hydrogen) atoms. The largest absolute Gasteiger partial charge is 0.464 e. The standard InChI is InChI=1S/C11H18N2O2/c1-7-8(2)10(11(14)15-5)13(4)9(7)6-12-3/h12H,6H2,1-5H3. The molecule has 1 rings (SSSR count). The van der Waals surface area contributed by atoms with Gasteiger partial charge in [0.2, 0.25) is 0 Å². The quantitative estimate of drug-likeness (QED) is 0.761. The highest BCUT2D eigenvalue weighted by atomic mass is 16.5. The molecule has 4 heteroatoms. The van der Waals surface area contributed by atoms with Gasteiger partial charge in [0.15, 0.2) is 0 Å². The second-order valence-electron chi connectivity index (χ2n) is 3.63. The van der Waals surface area contributed by atoms with E-state index < -0.39 is 0 Å². The molecular weight excluding hydrogens is 192 g/mol. The fraction of sp³-hybridized carbons (Fsp3) is 0.545. The van der Waals surface area contributed by atoms with Crippen LogP contribution in [0.3, 0.4) is 0 Å². The maximum atomic E-state index is 11.6. The maximum Gasteiger partial charge on any atom is 0.354 e. The van der Waals surface area contributed by atoms with E-state index >= 15 is 0 Å². The fourth-order valence-corrected chi connectivity index (χ4v) is 1.84. The normalized spacial score (nSPS) is 10.5. The number of hydrogen-bond donors (Lipinski definition) is 1. The topological polar surface area (TPSA) is 43.3 Å². The van der Waals surface area contributed by atoms with Crippen LogP contribution in [-0.2, 0) is 18.3 Å². The number of methoxy groups -OCH3 is 1. The van der Waals surface area contributed by atoms with Crippen molar-refractivity contribution in [2.75, 3.05) is 14.2 Å². The Morgan fingerprint density at radius 2 is 2.00 bits per heavy atom. The molecule has 4 nitrogen and oxygen atoms in total. The van der Waals surface area contributed by atoms with E-state index in [1.54, 1.807) is 0 Å². The number of nitrogens with one attached hydrogen (secondary N) is 1. The van der Waals surface area contributed by atoms with E-state index in [4.69, 9.17) is 4.74 Å². The van der Waals surface area contributed by atoms with Gasteiger partial charge in [-0.1, -0.05) is 0 Å². The molecule has 0 spiro atoms. The van der Waals surface area contributed by atoms with Gasteiger partial charge in [0.25, 0.3) is 0 Å². The maximum absolute atomic E-state index is 11.6. The predicted octanol–water partition coefficient (Wildman–Crippen LogP) is 1.15. The number of carbonyl (C=O) groups excluding carboxylic acids is 1. The van der Waals surface area contributed by atoms with Gasteiger partial charge in [-0.3, -0.25) is 0 Å². The molecule has 0 atom stereocenters. The summed E-state index contributed by atoms with van der Waals surface area (Å²) in [5.74, 6) is -0.277. The number of aromatic nitrogens is 1. The molecule has 1 aromatic rings. The molecular formula is C11H18N2O2. The van der Waals surface area contributed by atoms with Crippen molar-refractivity contribution in [1.82, 2.24) is 9.88 Å². The third-order valence-electron chi connectivity index (χ3n) is 2.81. The average Bonchev–Trinajstić information content (AvgIpc) is 2.42. The van der Waals surface area contributed by atoms with Gasteiger partial charge in [0.1, 0.15) is 5.69 Å². The summed E-state index contributed by atoms with van der Waals surface area (Å²) in [6.07, 6.45) is 0. The number of ether oxygens (including phenoxy) is 1. The molecule has 0 bridgehead atoms. The Hall–Kier alpha value is -1.29. The molecule has 0 aliphatic heterocycles. The number of nitrogens with zero attached hydrogens (tertiary/aromatic N) is 1. The van der Waals surface area contributed by atoms with Gasteiger partial charge < -0.3 is 14.6 Å². The van der Waals surface area contributed by atoms with Crippen LogP contribution in [0.4, 0.5) is 0 Å². The van der Waals surface area contributed by atoms with Crippen molar-refractivity contribution >= 4 is 5.97 Å². The first-order valence-electron chi connectivity index (χ1n) is 4.92. The lowest BCUT2D eigenvalue weighted by atomic mass is 10.1. The zero-order chi connectivity index (χ0) is 11.6. The molecule has 1 N–H and O–H groups in total. The summed E-state index contributed by atoms with van der Waals surface area (Å²) in [4.78, 5) is 11.6. The van der Waals surface area contributed by atoms with E-state index in [0.717, 1.165) is 23.4 Å². The highest BCUT2D eigenvalue weighted by Crippen LogP contribution is 2.21. The molecule has 0 amide bonds. The third kappa shape index (κ3) is 1.90. The van der Waals surface area contributed by atoms with Crippen molar-refractivity contribution in [2.24, 2.45) is 7.05 Å². The minimum atomic E-state index is -0.277. The van der Waals surface area contributed by atoms with Crippen molar-refractivity contribution in [3.63, 3.8) is 0 Å². The lowest BCUT2D eigenvalue weighted by molar-refractivity contribution is 0.0588. The molecule has 0 saturated heterocycles. The Bertz CT molecular complexity index is 380. The van der Waals surface area contributed by atoms with E-state index in [1.165, 1.54) is 7.11 Å². The number of rotatable bonds is 3.